The van der Waals surface area contributed by atoms with E-state index in [0.717, 1.165) is 88.9 Å². The normalized spacial score (nSPS) is 12.4. The second kappa shape index (κ2) is 15.2. The van der Waals surface area contributed by atoms with E-state index in [1.54, 1.807) is 0 Å². The van der Waals surface area contributed by atoms with Crippen molar-refractivity contribution in [1.29, 1.82) is 0 Å². The summed E-state index contributed by atoms with van der Waals surface area (Å²) in [5.74, 6) is 0.924. The minimum atomic E-state index is -0.367. The molecule has 0 saturated heterocycles. The molecule has 0 atom stereocenters. The van der Waals surface area contributed by atoms with Crippen LogP contribution in [0.15, 0.2) is 174 Å². The van der Waals surface area contributed by atoms with E-state index < -0.39 is 0 Å². The SMILES string of the molecule is CC(C)(C)c1cc(-c2nc3c(-c4cc(-c5nccc6oc7ccccc7c56)cc(C(C)(C)c5ccccc5)c4)cccc3n2-c2ccccc2-c2ccccc2)c(O)c(C(C)(C)C)c1. The Labute approximate surface area is 375 Å². The van der Waals surface area contributed by atoms with Crippen molar-refractivity contribution < 1.29 is 9.52 Å². The molecule has 0 spiro atoms. The van der Waals surface area contributed by atoms with Crippen LogP contribution in [0.2, 0.25) is 0 Å². The monoisotopic (exact) mass is 835 g/mol. The summed E-state index contributed by atoms with van der Waals surface area (Å²) in [7, 11) is 0. The Morgan fingerprint density at radius 1 is 0.516 bits per heavy atom. The van der Waals surface area contributed by atoms with Crippen molar-refractivity contribution in [2.75, 3.05) is 0 Å². The number of aromatic nitrogens is 3. The van der Waals surface area contributed by atoms with E-state index in [2.05, 4.69) is 199 Å². The van der Waals surface area contributed by atoms with Gasteiger partial charge >= 0.3 is 0 Å². The lowest BCUT2D eigenvalue weighted by atomic mass is 9.76. The molecular weight excluding hydrogens is 783 g/mol. The second-order valence-corrected chi connectivity index (χ2v) is 19.7. The van der Waals surface area contributed by atoms with Crippen molar-refractivity contribution in [2.24, 2.45) is 0 Å². The number of fused-ring (bicyclic) bond motifs is 4. The number of aromatic hydroxyl groups is 1. The average Bonchev–Trinajstić information content (AvgIpc) is 3.88. The third-order valence-corrected chi connectivity index (χ3v) is 13.0. The first-order valence-corrected chi connectivity index (χ1v) is 22.2. The zero-order chi connectivity index (χ0) is 44.5. The summed E-state index contributed by atoms with van der Waals surface area (Å²) < 4.78 is 8.65. The van der Waals surface area contributed by atoms with Gasteiger partial charge in [0, 0.05) is 39.3 Å². The van der Waals surface area contributed by atoms with Gasteiger partial charge in [0.1, 0.15) is 22.7 Å². The van der Waals surface area contributed by atoms with E-state index >= 15 is 0 Å². The number of rotatable bonds is 7. The van der Waals surface area contributed by atoms with E-state index in [4.69, 9.17) is 14.4 Å². The molecule has 0 aliphatic rings. The number of furan rings is 1. The molecule has 7 aromatic carbocycles. The fourth-order valence-corrected chi connectivity index (χ4v) is 9.29. The number of hydrogen-bond donors (Lipinski definition) is 1. The smallest absolute Gasteiger partial charge is 0.149 e. The molecule has 64 heavy (non-hydrogen) atoms. The highest BCUT2D eigenvalue weighted by Crippen LogP contribution is 2.47. The number of imidazole rings is 1. The van der Waals surface area contributed by atoms with Gasteiger partial charge in [-0.1, -0.05) is 177 Å². The van der Waals surface area contributed by atoms with Crippen LogP contribution in [0.4, 0.5) is 0 Å². The maximum atomic E-state index is 12.5. The van der Waals surface area contributed by atoms with Gasteiger partial charge < -0.3 is 9.52 Å². The van der Waals surface area contributed by atoms with Gasteiger partial charge in [0.2, 0.25) is 0 Å². The van der Waals surface area contributed by atoms with Crippen LogP contribution >= 0.6 is 0 Å². The molecule has 3 heterocycles. The first-order chi connectivity index (χ1) is 30.7. The maximum absolute atomic E-state index is 12.5. The molecule has 5 heteroatoms. The molecule has 0 saturated carbocycles. The van der Waals surface area contributed by atoms with E-state index in [1.807, 2.05) is 30.5 Å². The zero-order valence-corrected chi connectivity index (χ0v) is 37.9. The Hall–Kier alpha value is -7.24. The lowest BCUT2D eigenvalue weighted by molar-refractivity contribution is 0.446. The van der Waals surface area contributed by atoms with Crippen LogP contribution < -0.4 is 0 Å². The largest absolute Gasteiger partial charge is 0.507 e. The van der Waals surface area contributed by atoms with Gasteiger partial charge in [-0.3, -0.25) is 9.55 Å². The van der Waals surface area contributed by atoms with Crippen LogP contribution in [0.5, 0.6) is 5.75 Å². The lowest BCUT2D eigenvalue weighted by Crippen LogP contribution is -2.19. The van der Waals surface area contributed by atoms with Crippen LogP contribution in [-0.4, -0.2) is 19.6 Å². The molecule has 0 fully saturated rings. The Morgan fingerprint density at radius 3 is 1.94 bits per heavy atom. The van der Waals surface area contributed by atoms with Crippen molar-refractivity contribution in [3.8, 4) is 56.3 Å². The molecule has 316 valence electrons. The third-order valence-electron chi connectivity index (χ3n) is 13.0. The minimum absolute atomic E-state index is 0.188. The van der Waals surface area contributed by atoms with Gasteiger partial charge in [-0.25, -0.2) is 4.98 Å². The number of nitrogens with zero attached hydrogens (tertiary/aromatic N) is 3. The molecule has 3 aromatic heterocycles. The molecular formula is C59H53N3O2. The second-order valence-electron chi connectivity index (χ2n) is 19.7. The Bertz CT molecular complexity index is 3380. The summed E-state index contributed by atoms with van der Waals surface area (Å²) >= 11 is 0. The highest BCUT2D eigenvalue weighted by atomic mass is 16.3. The number of phenolic OH excluding ortho intramolecular Hbond substituents is 1. The van der Waals surface area contributed by atoms with Gasteiger partial charge in [0.25, 0.3) is 0 Å². The Morgan fingerprint density at radius 2 is 1.19 bits per heavy atom. The third kappa shape index (κ3) is 6.96. The highest BCUT2D eigenvalue weighted by molar-refractivity contribution is 6.11. The van der Waals surface area contributed by atoms with Gasteiger partial charge in [-0.05, 0) is 81.1 Å². The lowest BCUT2D eigenvalue weighted by Gasteiger charge is -2.27. The number of pyridine rings is 1. The topological polar surface area (TPSA) is 64.1 Å². The maximum Gasteiger partial charge on any atom is 0.149 e. The summed E-state index contributed by atoms with van der Waals surface area (Å²) in [6.45, 7) is 17.7. The molecule has 10 rings (SSSR count). The van der Waals surface area contributed by atoms with Crippen molar-refractivity contribution in [3.63, 3.8) is 0 Å². The zero-order valence-electron chi connectivity index (χ0n) is 37.9. The molecule has 0 amide bonds. The quantitative estimate of drug-likeness (QED) is 0.174. The number of phenols is 1. The molecule has 0 radical (unpaired) electrons. The predicted molar refractivity (Wildman–Crippen MR) is 266 cm³/mol. The fourth-order valence-electron chi connectivity index (χ4n) is 9.29. The van der Waals surface area contributed by atoms with Crippen LogP contribution in [0.1, 0.15) is 77.6 Å². The highest BCUT2D eigenvalue weighted by Gasteiger charge is 2.30. The summed E-state index contributed by atoms with van der Waals surface area (Å²) in [5.41, 5.74) is 14.6. The number of para-hydroxylation sites is 3. The summed E-state index contributed by atoms with van der Waals surface area (Å²) in [4.78, 5) is 10.8. The first kappa shape index (κ1) is 40.8. The summed E-state index contributed by atoms with van der Waals surface area (Å²) in [5, 5.41) is 14.5. The van der Waals surface area contributed by atoms with E-state index in [0.29, 0.717) is 11.4 Å². The van der Waals surface area contributed by atoms with Crippen molar-refractivity contribution in [1.82, 2.24) is 14.5 Å². The molecule has 0 aliphatic carbocycles. The van der Waals surface area contributed by atoms with Gasteiger partial charge in [-0.15, -0.1) is 0 Å². The van der Waals surface area contributed by atoms with Crippen LogP contribution in [0.3, 0.4) is 0 Å². The molecule has 5 nitrogen and oxygen atoms in total. The number of hydrogen-bond acceptors (Lipinski definition) is 4. The average molecular weight is 836 g/mol. The Kier molecular flexibility index (Phi) is 9.72. The fraction of sp³-hybridized carbons (Fsp3) is 0.186. The van der Waals surface area contributed by atoms with Crippen LogP contribution in [0.25, 0.3) is 83.6 Å². The molecule has 0 unspecified atom stereocenters. The minimum Gasteiger partial charge on any atom is -0.507 e. The van der Waals surface area contributed by atoms with Crippen molar-refractivity contribution >= 4 is 33.0 Å². The standard InChI is InChI=1S/C59H53N3O2/c1-57(2,3)41-35-46(55(63)47(36-41)58(4,5)6)56-61-54-44(26-19-28-49(54)62(56)48-27-17-15-24-43(48)37-20-11-9-12-21-37)38-32-39(34-42(33-38)59(7,8)40-22-13-10-14-23-40)53-52-45-25-16-18-29-50(45)64-51(52)30-31-60-53/h9-36,63H,1-8H3. The summed E-state index contributed by atoms with van der Waals surface area (Å²) in [6, 6.07) is 57.5. The summed E-state index contributed by atoms with van der Waals surface area (Å²) in [6.07, 6.45) is 1.84. The van der Waals surface area contributed by atoms with Gasteiger partial charge in [-0.2, -0.15) is 0 Å². The molecule has 1 N–H and O–H groups in total. The number of benzene rings is 7. The van der Waals surface area contributed by atoms with E-state index in [1.165, 1.54) is 5.56 Å². The van der Waals surface area contributed by atoms with Gasteiger partial charge in [0.15, 0.2) is 0 Å². The predicted octanol–water partition coefficient (Wildman–Crippen LogP) is 15.6. The Balaban J connectivity index is 1.30. The van der Waals surface area contributed by atoms with E-state index in [9.17, 15) is 5.11 Å². The van der Waals surface area contributed by atoms with Crippen molar-refractivity contribution in [2.45, 2.75) is 71.6 Å². The first-order valence-electron chi connectivity index (χ1n) is 22.2. The molecule has 0 bridgehead atoms. The van der Waals surface area contributed by atoms with Crippen LogP contribution in [-0.2, 0) is 16.2 Å². The van der Waals surface area contributed by atoms with Crippen molar-refractivity contribution in [3.05, 3.63) is 192 Å². The van der Waals surface area contributed by atoms with E-state index in [-0.39, 0.29) is 22.0 Å². The molecule has 0 aliphatic heterocycles. The molecule has 10 aromatic rings. The van der Waals surface area contributed by atoms with Gasteiger partial charge in [0.05, 0.1) is 33.4 Å². The van der Waals surface area contributed by atoms with Crippen LogP contribution in [0, 0.1) is 0 Å².